The molecule has 2 fully saturated rings. The fourth-order valence-electron chi connectivity index (χ4n) is 2.63. The Morgan fingerprint density at radius 2 is 1.83 bits per heavy atom. The first-order valence-corrected chi connectivity index (χ1v) is 7.07. The number of carboxylic acids is 1. The monoisotopic (exact) mass is 267 g/mol. The molecule has 0 aromatic heterocycles. The molecule has 6 nitrogen and oxygen atoms in total. The van der Waals surface area contributed by atoms with Gasteiger partial charge in [0.05, 0.1) is 17.9 Å². The first-order chi connectivity index (χ1) is 8.08. The van der Waals surface area contributed by atoms with Crippen molar-refractivity contribution in [3.05, 3.63) is 0 Å². The maximum absolute atomic E-state index is 10.8. The Hall–Kier alpha value is 0.0974. The summed E-state index contributed by atoms with van der Waals surface area (Å²) in [7, 11) is 0. The van der Waals surface area contributed by atoms with Crippen LogP contribution in [0.2, 0.25) is 0 Å². The second kappa shape index (κ2) is 7.03. The van der Waals surface area contributed by atoms with E-state index in [0.29, 0.717) is 6.42 Å². The van der Waals surface area contributed by atoms with Crippen molar-refractivity contribution in [3.63, 3.8) is 0 Å². The summed E-state index contributed by atoms with van der Waals surface area (Å²) in [5.74, 6) is -0.907. The third-order valence-corrected chi connectivity index (χ3v) is 4.22. The van der Waals surface area contributed by atoms with Crippen LogP contribution in [0.25, 0.3) is 0 Å². The number of likely N-dealkylation sites (tertiary alicyclic amines) is 2. The number of carboxylic acid groups (broad SMARTS) is 1. The van der Waals surface area contributed by atoms with E-state index in [2.05, 4.69) is 0 Å². The normalized spacial score (nSPS) is 28.2. The molecule has 0 radical (unpaired) electrons. The minimum Gasteiger partial charge on any atom is -0.771 e. The zero-order valence-corrected chi connectivity index (χ0v) is 11.4. The Labute approximate surface area is 121 Å². The molecule has 0 aromatic rings. The molecule has 0 saturated carbocycles. The molecule has 0 N–H and O–H groups in total. The van der Waals surface area contributed by atoms with Crippen LogP contribution in [0.5, 0.6) is 0 Å². The maximum Gasteiger partial charge on any atom is 1.00 e. The second-order valence-electron chi connectivity index (χ2n) is 4.64. The molecule has 2 heterocycles. The van der Waals surface area contributed by atoms with Gasteiger partial charge in [0.2, 0.25) is 0 Å². The first-order valence-electron chi connectivity index (χ1n) is 5.82. The smallest absolute Gasteiger partial charge is 0.771 e. The van der Waals surface area contributed by atoms with E-state index in [0.717, 1.165) is 32.5 Å². The van der Waals surface area contributed by atoms with Crippen molar-refractivity contribution in [2.24, 2.45) is 0 Å². The summed E-state index contributed by atoms with van der Waals surface area (Å²) in [6.45, 7) is 2.25. The van der Waals surface area contributed by atoms with Crippen molar-refractivity contribution in [3.8, 4) is 0 Å². The summed E-state index contributed by atoms with van der Waals surface area (Å²) >= 11 is -2.03. The van der Waals surface area contributed by atoms with E-state index in [-0.39, 0.29) is 30.8 Å². The molecule has 98 valence electrons. The molecule has 0 aliphatic carbocycles. The minimum absolute atomic E-state index is 0. The molecular formula is C10H16LiN2O4S-. The minimum atomic E-state index is -2.03. The molecule has 2 rings (SSSR count). The Balaban J connectivity index is 0.00000162. The van der Waals surface area contributed by atoms with Crippen LogP contribution in [0.3, 0.4) is 0 Å². The second-order valence-corrected chi connectivity index (χ2v) is 5.51. The number of carbonyl (C=O) groups excluding carboxylic acids is 1. The molecular weight excluding hydrogens is 251 g/mol. The molecule has 8 heteroatoms. The SMILES string of the molecule is O=C([O-])C1CCN1C1CCN(CS(=O)[O-])CC1.[Li+]. The van der Waals surface area contributed by atoms with Crippen LogP contribution in [0.4, 0.5) is 0 Å². The van der Waals surface area contributed by atoms with E-state index in [4.69, 9.17) is 0 Å². The predicted molar refractivity (Wildman–Crippen MR) is 58.5 cm³/mol. The fraction of sp³-hybridized carbons (Fsp3) is 0.900. The average molecular weight is 267 g/mol. The van der Waals surface area contributed by atoms with Crippen LogP contribution < -0.4 is 24.0 Å². The number of hydrogen-bond acceptors (Lipinski definition) is 6. The molecule has 2 saturated heterocycles. The topological polar surface area (TPSA) is 86.7 Å². The summed E-state index contributed by atoms with van der Waals surface area (Å²) in [4.78, 5) is 14.7. The Morgan fingerprint density at radius 1 is 1.22 bits per heavy atom. The molecule has 2 atom stereocenters. The van der Waals surface area contributed by atoms with Crippen LogP contribution in [-0.2, 0) is 15.9 Å². The van der Waals surface area contributed by atoms with Gasteiger partial charge in [-0.05, 0) is 30.3 Å². The van der Waals surface area contributed by atoms with Crippen LogP contribution >= 0.6 is 0 Å². The van der Waals surface area contributed by atoms with Gasteiger partial charge in [0, 0.05) is 25.7 Å². The summed E-state index contributed by atoms with van der Waals surface area (Å²) in [5, 5.41) is 10.8. The Bertz CT molecular complexity index is 323. The largest absolute Gasteiger partial charge is 1.00 e. The summed E-state index contributed by atoms with van der Waals surface area (Å²) in [6, 6.07) is -0.164. The zero-order valence-electron chi connectivity index (χ0n) is 10.5. The molecule has 0 bridgehead atoms. The van der Waals surface area contributed by atoms with E-state index in [1.165, 1.54) is 0 Å². The summed E-state index contributed by atoms with van der Waals surface area (Å²) in [6.07, 6.45) is 2.34. The van der Waals surface area contributed by atoms with Crippen LogP contribution in [-0.4, -0.2) is 62.1 Å². The van der Waals surface area contributed by atoms with E-state index in [9.17, 15) is 18.7 Å². The van der Waals surface area contributed by atoms with Crippen molar-refractivity contribution in [2.75, 3.05) is 25.5 Å². The fourth-order valence-corrected chi connectivity index (χ4v) is 3.18. The van der Waals surface area contributed by atoms with Crippen molar-refractivity contribution in [1.82, 2.24) is 9.80 Å². The number of aliphatic carboxylic acids is 1. The Kier molecular flexibility index (Phi) is 6.31. The third-order valence-electron chi connectivity index (χ3n) is 3.65. The number of carbonyl (C=O) groups is 1. The zero-order chi connectivity index (χ0) is 12.4. The van der Waals surface area contributed by atoms with Crippen molar-refractivity contribution in [2.45, 2.75) is 31.3 Å². The van der Waals surface area contributed by atoms with Gasteiger partial charge in [0.15, 0.2) is 0 Å². The molecule has 0 amide bonds. The van der Waals surface area contributed by atoms with Gasteiger partial charge in [-0.1, -0.05) is 0 Å². The van der Waals surface area contributed by atoms with Crippen LogP contribution in [0, 0.1) is 0 Å². The van der Waals surface area contributed by atoms with Crippen molar-refractivity contribution >= 4 is 17.0 Å². The van der Waals surface area contributed by atoms with Gasteiger partial charge >= 0.3 is 18.9 Å². The molecule has 0 spiro atoms. The van der Waals surface area contributed by atoms with E-state index < -0.39 is 23.1 Å². The van der Waals surface area contributed by atoms with Gasteiger partial charge in [-0.25, -0.2) is 0 Å². The standard InChI is InChI=1S/C10H18N2O4S.Li/c13-10(14)9-3-6-12(9)8-1-4-11(5-2-8)7-17(15)16;/h8-9H,1-7H2,(H,13,14)(H,15,16);/q;+1/p-2. The van der Waals surface area contributed by atoms with Gasteiger partial charge < -0.3 is 14.5 Å². The number of piperidine rings is 1. The van der Waals surface area contributed by atoms with E-state index in [1.54, 1.807) is 0 Å². The predicted octanol–water partition coefficient (Wildman–Crippen LogP) is -4.88. The number of nitrogens with zero attached hydrogens (tertiary/aromatic N) is 2. The average Bonchev–Trinajstić information content (AvgIpc) is 2.17. The quantitative estimate of drug-likeness (QED) is 0.375. The van der Waals surface area contributed by atoms with E-state index in [1.807, 2.05) is 9.80 Å². The van der Waals surface area contributed by atoms with Gasteiger partial charge in [0.1, 0.15) is 0 Å². The van der Waals surface area contributed by atoms with Gasteiger partial charge in [-0.2, -0.15) is 0 Å². The van der Waals surface area contributed by atoms with Gasteiger partial charge in [0.25, 0.3) is 0 Å². The molecule has 2 aliphatic rings. The van der Waals surface area contributed by atoms with Crippen molar-refractivity contribution in [1.29, 1.82) is 0 Å². The third kappa shape index (κ3) is 3.79. The summed E-state index contributed by atoms with van der Waals surface area (Å²) in [5.41, 5.74) is 0. The van der Waals surface area contributed by atoms with Gasteiger partial charge in [-0.15, -0.1) is 0 Å². The van der Waals surface area contributed by atoms with Crippen LogP contribution in [0.15, 0.2) is 0 Å². The molecule has 0 aromatic carbocycles. The molecule has 18 heavy (non-hydrogen) atoms. The Morgan fingerprint density at radius 3 is 2.22 bits per heavy atom. The maximum atomic E-state index is 10.8. The summed E-state index contributed by atoms with van der Waals surface area (Å²) < 4.78 is 21.1. The van der Waals surface area contributed by atoms with Crippen molar-refractivity contribution < 1.29 is 37.5 Å². The van der Waals surface area contributed by atoms with E-state index >= 15 is 0 Å². The van der Waals surface area contributed by atoms with Crippen LogP contribution in [0.1, 0.15) is 19.3 Å². The first kappa shape index (κ1) is 16.2. The number of rotatable bonds is 4. The molecule has 2 aliphatic heterocycles. The van der Waals surface area contributed by atoms with Gasteiger partial charge in [-0.3, -0.25) is 14.0 Å². The number of hydrogen-bond donors (Lipinski definition) is 0. The molecule has 2 unspecified atom stereocenters.